The first-order chi connectivity index (χ1) is 9.56. The molecule has 0 saturated heterocycles. The van der Waals surface area contributed by atoms with Crippen molar-refractivity contribution >= 4 is 0 Å². The van der Waals surface area contributed by atoms with E-state index in [0.717, 1.165) is 12.8 Å². The zero-order valence-corrected chi connectivity index (χ0v) is 16.6. The van der Waals surface area contributed by atoms with Gasteiger partial charge in [-0.25, -0.2) is 19.6 Å². The fourth-order valence-electron chi connectivity index (χ4n) is 1.51. The smallest absolute Gasteiger partial charge is 0.106 e. The molecule has 0 aliphatic carbocycles. The second-order valence-electron chi connectivity index (χ2n) is 9.40. The van der Waals surface area contributed by atoms with Crippen LogP contribution in [0.5, 0.6) is 0 Å². The maximum atomic E-state index is 5.86. The molecule has 0 heterocycles. The van der Waals surface area contributed by atoms with Crippen LogP contribution >= 0.6 is 0 Å². The molecule has 134 valence electrons. The van der Waals surface area contributed by atoms with Gasteiger partial charge < -0.3 is 0 Å². The zero-order chi connectivity index (χ0) is 17.8. The minimum absolute atomic E-state index is 0.000799. The summed E-state index contributed by atoms with van der Waals surface area (Å²) >= 11 is 0. The Morgan fingerprint density at radius 1 is 0.682 bits per heavy atom. The van der Waals surface area contributed by atoms with Crippen molar-refractivity contribution in [1.82, 2.24) is 0 Å². The lowest BCUT2D eigenvalue weighted by atomic mass is 9.75. The third kappa shape index (κ3) is 9.09. The van der Waals surface area contributed by atoms with Gasteiger partial charge >= 0.3 is 0 Å². The average molecular weight is 318 g/mol. The van der Waals surface area contributed by atoms with Crippen LogP contribution in [0.25, 0.3) is 0 Å². The lowest BCUT2D eigenvalue weighted by Crippen LogP contribution is -2.45. The maximum Gasteiger partial charge on any atom is 0.106 e. The minimum Gasteiger partial charge on any atom is -0.233 e. The first-order valence-corrected chi connectivity index (χ1v) is 8.27. The maximum absolute atomic E-state index is 5.86. The van der Waals surface area contributed by atoms with Gasteiger partial charge in [0.1, 0.15) is 5.60 Å². The van der Waals surface area contributed by atoms with Crippen LogP contribution in [0.15, 0.2) is 0 Å². The van der Waals surface area contributed by atoms with Crippen LogP contribution in [0, 0.1) is 5.41 Å². The van der Waals surface area contributed by atoms with Gasteiger partial charge in [-0.05, 0) is 73.6 Å². The number of hydrogen-bond acceptors (Lipinski definition) is 4. The van der Waals surface area contributed by atoms with Crippen LogP contribution in [0.4, 0.5) is 0 Å². The molecule has 0 radical (unpaired) electrons. The summed E-state index contributed by atoms with van der Waals surface area (Å²) in [6.07, 6.45) is 1.65. The van der Waals surface area contributed by atoms with Gasteiger partial charge in [0.05, 0.1) is 17.3 Å². The Hall–Kier alpha value is -0.160. The summed E-state index contributed by atoms with van der Waals surface area (Å²) in [5.41, 5.74) is -1.08. The Kier molecular flexibility index (Phi) is 7.55. The number of hydrogen-bond donors (Lipinski definition) is 0. The lowest BCUT2D eigenvalue weighted by molar-refractivity contribution is -0.421. The molecule has 0 spiro atoms. The van der Waals surface area contributed by atoms with Crippen molar-refractivity contribution in [2.24, 2.45) is 5.41 Å². The van der Waals surface area contributed by atoms with E-state index in [1.807, 2.05) is 48.5 Å². The van der Waals surface area contributed by atoms with Crippen molar-refractivity contribution in [3.63, 3.8) is 0 Å². The molecule has 0 fully saturated rings. The Morgan fingerprint density at radius 3 is 1.50 bits per heavy atom. The van der Waals surface area contributed by atoms with Crippen molar-refractivity contribution in [2.45, 2.75) is 112 Å². The van der Waals surface area contributed by atoms with Crippen molar-refractivity contribution < 1.29 is 19.6 Å². The van der Waals surface area contributed by atoms with Gasteiger partial charge in [-0.1, -0.05) is 20.8 Å². The number of rotatable bonds is 7. The summed E-state index contributed by atoms with van der Waals surface area (Å²) in [4.78, 5) is 22.3. The first kappa shape index (κ1) is 21.8. The van der Waals surface area contributed by atoms with Crippen molar-refractivity contribution in [3.05, 3.63) is 0 Å². The van der Waals surface area contributed by atoms with Crippen molar-refractivity contribution in [1.29, 1.82) is 0 Å². The van der Waals surface area contributed by atoms with E-state index in [-0.39, 0.29) is 22.7 Å². The van der Waals surface area contributed by atoms with Gasteiger partial charge in [0, 0.05) is 0 Å². The second-order valence-corrected chi connectivity index (χ2v) is 9.40. The standard InChI is InChI=1S/C18H38O4/c1-14(19-20-16(5,6)7)12-13-18(11,15(2,3)4)22-21-17(8,9)10/h14H,12-13H2,1-11H3. The van der Waals surface area contributed by atoms with Crippen LogP contribution < -0.4 is 0 Å². The summed E-state index contributed by atoms with van der Waals surface area (Å²) in [6, 6.07) is 0. The van der Waals surface area contributed by atoms with E-state index in [9.17, 15) is 0 Å². The van der Waals surface area contributed by atoms with Crippen LogP contribution in [0.3, 0.4) is 0 Å². The zero-order valence-electron chi connectivity index (χ0n) is 16.6. The molecule has 0 amide bonds. The molecular formula is C18H38O4. The first-order valence-electron chi connectivity index (χ1n) is 8.27. The predicted octanol–water partition coefficient (Wildman–Crippen LogP) is 5.45. The monoisotopic (exact) mass is 318 g/mol. The Labute approximate surface area is 137 Å². The van der Waals surface area contributed by atoms with Crippen LogP contribution in [-0.4, -0.2) is 22.9 Å². The normalized spacial score (nSPS) is 18.1. The molecule has 0 rings (SSSR count). The molecule has 2 unspecified atom stereocenters. The van der Waals surface area contributed by atoms with E-state index < -0.39 is 5.60 Å². The average Bonchev–Trinajstić information content (AvgIpc) is 2.28. The van der Waals surface area contributed by atoms with E-state index in [4.69, 9.17) is 19.6 Å². The van der Waals surface area contributed by atoms with Gasteiger partial charge in [-0.3, -0.25) is 0 Å². The molecule has 22 heavy (non-hydrogen) atoms. The molecule has 0 N–H and O–H groups in total. The van der Waals surface area contributed by atoms with Gasteiger partial charge in [0.2, 0.25) is 0 Å². The topological polar surface area (TPSA) is 36.9 Å². The van der Waals surface area contributed by atoms with Crippen molar-refractivity contribution in [3.8, 4) is 0 Å². The highest BCUT2D eigenvalue weighted by Gasteiger charge is 2.41. The van der Waals surface area contributed by atoms with Gasteiger partial charge in [-0.15, -0.1) is 0 Å². The molecule has 4 nitrogen and oxygen atoms in total. The van der Waals surface area contributed by atoms with Crippen LogP contribution in [-0.2, 0) is 19.6 Å². The summed E-state index contributed by atoms with van der Waals surface area (Å²) < 4.78 is 0. The summed E-state index contributed by atoms with van der Waals surface area (Å²) in [5, 5.41) is 0. The van der Waals surface area contributed by atoms with E-state index in [2.05, 4.69) is 27.7 Å². The largest absolute Gasteiger partial charge is 0.233 e. The van der Waals surface area contributed by atoms with E-state index in [1.165, 1.54) is 0 Å². The molecule has 0 aliphatic heterocycles. The molecule has 0 aliphatic rings. The third-order valence-electron chi connectivity index (χ3n) is 3.55. The molecule has 2 atom stereocenters. The fourth-order valence-corrected chi connectivity index (χ4v) is 1.51. The van der Waals surface area contributed by atoms with Gasteiger partial charge in [0.15, 0.2) is 0 Å². The highest BCUT2D eigenvalue weighted by Crippen LogP contribution is 2.39. The molecule has 0 aromatic heterocycles. The SMILES string of the molecule is CC(CCC(C)(OOC(C)(C)C)C(C)(C)C)OOC(C)(C)C. The van der Waals surface area contributed by atoms with E-state index in [0.29, 0.717) is 0 Å². The Bertz CT molecular complexity index is 319. The summed E-state index contributed by atoms with van der Waals surface area (Å²) in [6.45, 7) is 22.5. The third-order valence-corrected chi connectivity index (χ3v) is 3.55. The predicted molar refractivity (Wildman–Crippen MR) is 90.4 cm³/mol. The minimum atomic E-state index is -0.403. The van der Waals surface area contributed by atoms with Gasteiger partial charge in [-0.2, -0.15) is 0 Å². The Balaban J connectivity index is 4.61. The molecule has 0 bridgehead atoms. The van der Waals surface area contributed by atoms with E-state index in [1.54, 1.807) is 0 Å². The van der Waals surface area contributed by atoms with Crippen molar-refractivity contribution in [2.75, 3.05) is 0 Å². The lowest BCUT2D eigenvalue weighted by Gasteiger charge is -2.42. The summed E-state index contributed by atoms with van der Waals surface area (Å²) in [5.74, 6) is 0. The Morgan fingerprint density at radius 2 is 1.14 bits per heavy atom. The molecule has 0 saturated carbocycles. The van der Waals surface area contributed by atoms with Gasteiger partial charge in [0.25, 0.3) is 0 Å². The molecular weight excluding hydrogens is 280 g/mol. The molecule has 0 aromatic carbocycles. The summed E-state index contributed by atoms with van der Waals surface area (Å²) in [7, 11) is 0. The fraction of sp³-hybridized carbons (Fsp3) is 1.00. The second kappa shape index (κ2) is 7.61. The highest BCUT2D eigenvalue weighted by atomic mass is 17.2. The van der Waals surface area contributed by atoms with Crippen LogP contribution in [0.2, 0.25) is 0 Å². The van der Waals surface area contributed by atoms with E-state index >= 15 is 0 Å². The van der Waals surface area contributed by atoms with Crippen LogP contribution in [0.1, 0.15) is 89.0 Å². The quantitative estimate of drug-likeness (QED) is 0.462. The molecule has 4 heteroatoms. The highest BCUT2D eigenvalue weighted by molar-refractivity contribution is 4.88. The molecule has 0 aromatic rings.